The molecular weight excluding hydrogens is 260 g/mol. The van der Waals surface area contributed by atoms with E-state index in [0.29, 0.717) is 19.4 Å². The monoisotopic (exact) mass is 283 g/mol. The number of carbonyl (C=O) groups excluding carboxylic acids is 2. The van der Waals surface area contributed by atoms with Gasteiger partial charge in [0.15, 0.2) is 0 Å². The molecule has 0 aliphatic carbocycles. The van der Waals surface area contributed by atoms with Crippen LogP contribution < -0.4 is 34.7 Å². The maximum absolute atomic E-state index is 13.4. The third-order valence-electron chi connectivity index (χ3n) is 2.71. The number of carbonyl (C=O) groups is 2. The second-order valence-corrected chi connectivity index (χ2v) is 4.47. The van der Waals surface area contributed by atoms with Gasteiger partial charge in [0.1, 0.15) is 6.17 Å². The van der Waals surface area contributed by atoms with Crippen molar-refractivity contribution in [1.29, 1.82) is 0 Å². The molecule has 0 spiro atoms. The first-order valence-electron chi connectivity index (χ1n) is 6.62. The molecular formula is C13H23FNNaO3. The summed E-state index contributed by atoms with van der Waals surface area (Å²) in [5, 5.41) is 10.5. The topological polar surface area (TPSA) is 60.4 Å². The average molecular weight is 283 g/mol. The van der Waals surface area contributed by atoms with E-state index in [1.54, 1.807) is 0 Å². The molecule has 0 bridgehead atoms. The zero-order chi connectivity index (χ0) is 14.0. The molecule has 106 valence electrons. The van der Waals surface area contributed by atoms with E-state index in [1.807, 2.05) is 13.8 Å². The number of rotatable bonds is 10. The van der Waals surface area contributed by atoms with Gasteiger partial charge in [-0.3, -0.25) is 4.79 Å². The van der Waals surface area contributed by atoms with Gasteiger partial charge in [-0.2, -0.15) is 0 Å². The maximum Gasteiger partial charge on any atom is 1.00 e. The number of hydrogen-bond donors (Lipinski definition) is 0. The van der Waals surface area contributed by atoms with Crippen LogP contribution in [0.2, 0.25) is 0 Å². The van der Waals surface area contributed by atoms with E-state index in [4.69, 9.17) is 0 Å². The quantitative estimate of drug-likeness (QED) is 0.449. The van der Waals surface area contributed by atoms with Crippen LogP contribution >= 0.6 is 0 Å². The standard InChI is InChI=1S/C13H24FNO3.Na/c1-3-5-6-11(14)7-8-12(16)15(9-4-2)10-13(17)18;/h11H,3-10H2,1-2H3,(H,17,18);/q;+1/p-1. The minimum Gasteiger partial charge on any atom is -0.548 e. The Morgan fingerprint density at radius 2 is 1.84 bits per heavy atom. The minimum absolute atomic E-state index is 0. The van der Waals surface area contributed by atoms with E-state index in [2.05, 4.69) is 0 Å². The molecule has 0 aromatic heterocycles. The Balaban J connectivity index is 0. The summed E-state index contributed by atoms with van der Waals surface area (Å²) in [5.74, 6) is -1.58. The van der Waals surface area contributed by atoms with E-state index in [0.717, 1.165) is 12.8 Å². The van der Waals surface area contributed by atoms with Crippen LogP contribution in [0.3, 0.4) is 0 Å². The smallest absolute Gasteiger partial charge is 0.548 e. The van der Waals surface area contributed by atoms with Gasteiger partial charge in [0.05, 0.1) is 12.5 Å². The van der Waals surface area contributed by atoms with Crippen LogP contribution in [0.15, 0.2) is 0 Å². The van der Waals surface area contributed by atoms with Gasteiger partial charge in [-0.05, 0) is 19.3 Å². The molecule has 0 aliphatic rings. The van der Waals surface area contributed by atoms with Gasteiger partial charge < -0.3 is 14.8 Å². The molecule has 6 heteroatoms. The molecule has 0 fully saturated rings. The van der Waals surface area contributed by atoms with Crippen molar-refractivity contribution in [3.8, 4) is 0 Å². The van der Waals surface area contributed by atoms with Crippen LogP contribution in [0.4, 0.5) is 4.39 Å². The molecule has 0 saturated heterocycles. The van der Waals surface area contributed by atoms with E-state index in [9.17, 15) is 19.1 Å². The summed E-state index contributed by atoms with van der Waals surface area (Å²) >= 11 is 0. The van der Waals surface area contributed by atoms with Crippen LogP contribution in [0.25, 0.3) is 0 Å². The molecule has 0 aromatic rings. The summed E-state index contributed by atoms with van der Waals surface area (Å²) in [7, 11) is 0. The number of carboxylic acids is 1. The first kappa shape index (κ1) is 21.2. The third-order valence-corrected chi connectivity index (χ3v) is 2.71. The number of carboxylic acid groups (broad SMARTS) is 1. The van der Waals surface area contributed by atoms with Crippen LogP contribution in [-0.2, 0) is 9.59 Å². The summed E-state index contributed by atoms with van der Waals surface area (Å²) < 4.78 is 13.4. The molecule has 0 heterocycles. The fourth-order valence-corrected chi connectivity index (χ4v) is 1.73. The van der Waals surface area contributed by atoms with Crippen molar-refractivity contribution in [2.75, 3.05) is 13.1 Å². The van der Waals surface area contributed by atoms with Crippen molar-refractivity contribution in [2.24, 2.45) is 0 Å². The second kappa shape index (κ2) is 12.9. The maximum atomic E-state index is 13.4. The van der Waals surface area contributed by atoms with Crippen LogP contribution in [-0.4, -0.2) is 36.0 Å². The van der Waals surface area contributed by atoms with Gasteiger partial charge in [0, 0.05) is 13.0 Å². The Bertz CT molecular complexity index is 264. The number of aliphatic carboxylic acids is 1. The van der Waals surface area contributed by atoms with Crippen molar-refractivity contribution in [2.45, 2.75) is 58.5 Å². The molecule has 0 aromatic carbocycles. The van der Waals surface area contributed by atoms with Crippen molar-refractivity contribution in [3.63, 3.8) is 0 Å². The number of alkyl halides is 1. The molecule has 4 nitrogen and oxygen atoms in total. The number of amides is 1. The number of unbranched alkanes of at least 4 members (excludes halogenated alkanes) is 1. The predicted octanol–water partition coefficient (Wildman–Crippen LogP) is -1.71. The van der Waals surface area contributed by atoms with Crippen molar-refractivity contribution >= 4 is 11.9 Å². The van der Waals surface area contributed by atoms with Crippen LogP contribution in [0.5, 0.6) is 0 Å². The van der Waals surface area contributed by atoms with E-state index in [-0.39, 0.29) is 48.3 Å². The van der Waals surface area contributed by atoms with Crippen LogP contribution in [0, 0.1) is 0 Å². The van der Waals surface area contributed by atoms with E-state index >= 15 is 0 Å². The van der Waals surface area contributed by atoms with Gasteiger partial charge in [-0.15, -0.1) is 0 Å². The Hall–Kier alpha value is -0.130. The predicted molar refractivity (Wildman–Crippen MR) is 65.5 cm³/mol. The number of halogens is 1. The Labute approximate surface area is 137 Å². The van der Waals surface area contributed by atoms with Crippen molar-refractivity contribution in [3.05, 3.63) is 0 Å². The second-order valence-electron chi connectivity index (χ2n) is 4.47. The van der Waals surface area contributed by atoms with E-state index in [1.165, 1.54) is 4.90 Å². The minimum atomic E-state index is -1.28. The SMILES string of the molecule is CCCCC(F)CCC(=O)N(CCC)CC(=O)[O-].[Na+]. The van der Waals surface area contributed by atoms with Gasteiger partial charge in [0.2, 0.25) is 5.91 Å². The Kier molecular flexibility index (Phi) is 14.4. The summed E-state index contributed by atoms with van der Waals surface area (Å²) in [6.45, 7) is 3.81. The molecule has 1 atom stereocenters. The van der Waals surface area contributed by atoms with Gasteiger partial charge in [0.25, 0.3) is 0 Å². The fourth-order valence-electron chi connectivity index (χ4n) is 1.73. The molecule has 1 amide bonds. The first-order valence-corrected chi connectivity index (χ1v) is 6.62. The van der Waals surface area contributed by atoms with Crippen molar-refractivity contribution < 1.29 is 48.6 Å². The number of nitrogens with zero attached hydrogens (tertiary/aromatic N) is 1. The largest absolute Gasteiger partial charge is 1.00 e. The molecule has 0 aliphatic heterocycles. The fraction of sp³-hybridized carbons (Fsp3) is 0.846. The third kappa shape index (κ3) is 11.4. The number of hydrogen-bond acceptors (Lipinski definition) is 3. The normalized spacial score (nSPS) is 11.5. The Morgan fingerprint density at radius 1 is 1.21 bits per heavy atom. The van der Waals surface area contributed by atoms with Gasteiger partial charge in [-0.1, -0.05) is 26.7 Å². The summed E-state index contributed by atoms with van der Waals surface area (Å²) in [5.41, 5.74) is 0. The molecule has 1 unspecified atom stereocenters. The first-order chi connectivity index (χ1) is 8.51. The zero-order valence-electron chi connectivity index (χ0n) is 12.3. The van der Waals surface area contributed by atoms with Crippen LogP contribution in [0.1, 0.15) is 52.4 Å². The average Bonchev–Trinajstić information content (AvgIpc) is 2.32. The van der Waals surface area contributed by atoms with Crippen molar-refractivity contribution in [1.82, 2.24) is 4.90 Å². The molecule has 0 N–H and O–H groups in total. The summed E-state index contributed by atoms with van der Waals surface area (Å²) in [4.78, 5) is 23.4. The Morgan fingerprint density at radius 3 is 2.32 bits per heavy atom. The molecule has 0 radical (unpaired) electrons. The van der Waals surface area contributed by atoms with E-state index < -0.39 is 18.7 Å². The summed E-state index contributed by atoms with van der Waals surface area (Å²) in [6, 6.07) is 0. The zero-order valence-corrected chi connectivity index (χ0v) is 14.3. The summed E-state index contributed by atoms with van der Waals surface area (Å²) in [6.07, 6.45) is 2.16. The van der Waals surface area contributed by atoms with Gasteiger partial charge in [-0.25, -0.2) is 4.39 Å². The molecule has 0 saturated carbocycles. The molecule has 19 heavy (non-hydrogen) atoms. The van der Waals surface area contributed by atoms with Gasteiger partial charge >= 0.3 is 29.6 Å². The molecule has 0 rings (SSSR count).